The first-order valence-corrected chi connectivity index (χ1v) is 6.50. The minimum absolute atomic E-state index is 0.0765. The third-order valence-corrected chi connectivity index (χ3v) is 3.35. The van der Waals surface area contributed by atoms with Gasteiger partial charge in [-0.1, -0.05) is 36.4 Å². The summed E-state index contributed by atoms with van der Waals surface area (Å²) in [6.07, 6.45) is 0.720. The van der Waals surface area contributed by atoms with Crippen LogP contribution in [0.4, 0.5) is 0 Å². The maximum atomic E-state index is 12.1. The maximum absolute atomic E-state index is 12.1. The fourth-order valence-electron chi connectivity index (χ4n) is 2.33. The number of fused-ring (bicyclic) bond motifs is 1. The van der Waals surface area contributed by atoms with Crippen LogP contribution < -0.4 is 10.3 Å². The van der Waals surface area contributed by atoms with Crippen LogP contribution in [0.3, 0.4) is 0 Å². The van der Waals surface area contributed by atoms with E-state index >= 15 is 0 Å². The predicted molar refractivity (Wildman–Crippen MR) is 80.4 cm³/mol. The minimum atomic E-state index is -0.0765. The predicted octanol–water partition coefficient (Wildman–Crippen LogP) is 3.13. The van der Waals surface area contributed by atoms with Gasteiger partial charge in [-0.05, 0) is 29.1 Å². The Bertz CT molecular complexity index is 791. The van der Waals surface area contributed by atoms with Gasteiger partial charge in [0, 0.05) is 12.1 Å². The van der Waals surface area contributed by atoms with Crippen molar-refractivity contribution < 1.29 is 4.74 Å². The Balaban J connectivity index is 2.04. The summed E-state index contributed by atoms with van der Waals surface area (Å²) in [5.74, 6) is 0.693. The summed E-state index contributed by atoms with van der Waals surface area (Å²) in [4.78, 5) is 15.1. The molecule has 3 rings (SSSR count). The Labute approximate surface area is 116 Å². The van der Waals surface area contributed by atoms with Crippen LogP contribution in [0, 0.1) is 0 Å². The minimum Gasteiger partial charge on any atom is -0.497 e. The van der Waals surface area contributed by atoms with E-state index in [1.165, 1.54) is 5.56 Å². The summed E-state index contributed by atoms with van der Waals surface area (Å²) in [6, 6.07) is 17.7. The average Bonchev–Trinajstić information content (AvgIpc) is 2.48. The first-order chi connectivity index (χ1) is 9.76. The number of methoxy groups -OCH3 is 1. The van der Waals surface area contributed by atoms with E-state index in [0.29, 0.717) is 11.1 Å². The lowest BCUT2D eigenvalue weighted by atomic mass is 10.1. The van der Waals surface area contributed by atoms with Crippen LogP contribution in [0.5, 0.6) is 5.75 Å². The molecule has 0 saturated carbocycles. The van der Waals surface area contributed by atoms with Crippen LogP contribution in [0.2, 0.25) is 0 Å². The molecule has 0 amide bonds. The molecule has 3 nitrogen and oxygen atoms in total. The number of hydrogen-bond acceptors (Lipinski definition) is 2. The van der Waals surface area contributed by atoms with Crippen LogP contribution in [0.1, 0.15) is 11.3 Å². The number of aromatic amines is 1. The highest BCUT2D eigenvalue weighted by Crippen LogP contribution is 2.19. The molecular weight excluding hydrogens is 250 g/mol. The number of aromatic nitrogens is 1. The zero-order chi connectivity index (χ0) is 13.9. The second kappa shape index (κ2) is 5.21. The second-order valence-electron chi connectivity index (χ2n) is 4.74. The quantitative estimate of drug-likeness (QED) is 0.790. The van der Waals surface area contributed by atoms with Gasteiger partial charge in [0.2, 0.25) is 0 Å². The zero-order valence-electron chi connectivity index (χ0n) is 11.2. The van der Waals surface area contributed by atoms with Gasteiger partial charge in [-0.3, -0.25) is 4.79 Å². The highest BCUT2D eigenvalue weighted by Gasteiger charge is 2.04. The van der Waals surface area contributed by atoms with Crippen LogP contribution >= 0.6 is 0 Å². The summed E-state index contributed by atoms with van der Waals surface area (Å²) in [5.41, 5.74) is 2.02. The van der Waals surface area contributed by atoms with E-state index in [1.807, 2.05) is 36.4 Å². The Hall–Kier alpha value is -2.55. The lowest BCUT2D eigenvalue weighted by Crippen LogP contribution is -2.09. The number of rotatable bonds is 3. The third-order valence-electron chi connectivity index (χ3n) is 3.35. The number of hydrogen-bond donors (Lipinski definition) is 1. The number of ether oxygens (including phenoxy) is 1. The molecule has 0 aliphatic carbocycles. The monoisotopic (exact) mass is 265 g/mol. The van der Waals surface area contributed by atoms with Gasteiger partial charge in [-0.25, -0.2) is 0 Å². The second-order valence-corrected chi connectivity index (χ2v) is 4.74. The molecule has 0 spiro atoms. The van der Waals surface area contributed by atoms with Gasteiger partial charge in [0.1, 0.15) is 5.75 Å². The molecular formula is C17H15NO2. The van der Waals surface area contributed by atoms with Crippen molar-refractivity contribution in [1.29, 1.82) is 0 Å². The largest absolute Gasteiger partial charge is 0.497 e. The zero-order valence-corrected chi connectivity index (χ0v) is 11.2. The van der Waals surface area contributed by atoms with E-state index in [2.05, 4.69) is 17.1 Å². The first-order valence-electron chi connectivity index (χ1n) is 6.50. The molecule has 1 N–H and O–H groups in total. The van der Waals surface area contributed by atoms with Crippen molar-refractivity contribution in [2.45, 2.75) is 6.42 Å². The number of nitrogens with one attached hydrogen (secondary N) is 1. The molecule has 0 aliphatic rings. The molecule has 0 aliphatic heterocycles. The average molecular weight is 265 g/mol. The molecule has 0 saturated heterocycles. The third kappa shape index (κ3) is 2.43. The molecule has 3 aromatic rings. The van der Waals surface area contributed by atoms with Crippen molar-refractivity contribution in [1.82, 2.24) is 4.98 Å². The normalized spacial score (nSPS) is 10.7. The summed E-state index contributed by atoms with van der Waals surface area (Å²) in [6.45, 7) is 0. The Morgan fingerprint density at radius 1 is 1.05 bits per heavy atom. The van der Waals surface area contributed by atoms with Crippen molar-refractivity contribution in [3.8, 4) is 5.75 Å². The van der Waals surface area contributed by atoms with Crippen molar-refractivity contribution in [3.05, 3.63) is 76.2 Å². The van der Waals surface area contributed by atoms with E-state index in [9.17, 15) is 4.79 Å². The number of benzene rings is 2. The molecule has 0 atom stereocenters. The number of pyridine rings is 1. The standard InChI is InChI=1S/C17H15NO2/c1-20-15-8-7-13-10-14(18-17(19)16(13)11-15)9-12-5-3-2-4-6-12/h2-8,10-11H,9H2,1H3,(H,18,19). The SMILES string of the molecule is COc1ccc2cc(Cc3ccccc3)[nH]c(=O)c2c1. The van der Waals surface area contributed by atoms with E-state index in [1.54, 1.807) is 13.2 Å². The van der Waals surface area contributed by atoms with Crippen molar-refractivity contribution >= 4 is 10.8 Å². The van der Waals surface area contributed by atoms with E-state index in [-0.39, 0.29) is 5.56 Å². The van der Waals surface area contributed by atoms with Crippen LogP contribution in [0.15, 0.2) is 59.4 Å². The Morgan fingerprint density at radius 3 is 2.60 bits per heavy atom. The van der Waals surface area contributed by atoms with Crippen molar-refractivity contribution in [3.63, 3.8) is 0 Å². The molecule has 100 valence electrons. The topological polar surface area (TPSA) is 42.1 Å². The molecule has 0 radical (unpaired) electrons. The molecule has 0 fully saturated rings. The summed E-state index contributed by atoms with van der Waals surface area (Å²) in [7, 11) is 1.60. The molecule has 3 heteroatoms. The van der Waals surface area contributed by atoms with Crippen molar-refractivity contribution in [2.24, 2.45) is 0 Å². The number of H-pyrrole nitrogens is 1. The molecule has 2 aromatic carbocycles. The van der Waals surface area contributed by atoms with Gasteiger partial charge in [0.05, 0.1) is 12.5 Å². The summed E-state index contributed by atoms with van der Waals surface area (Å²) < 4.78 is 5.15. The fraction of sp³-hybridized carbons (Fsp3) is 0.118. The van der Waals surface area contributed by atoms with Gasteiger partial charge >= 0.3 is 0 Å². The van der Waals surface area contributed by atoms with E-state index < -0.39 is 0 Å². The van der Waals surface area contributed by atoms with Gasteiger partial charge in [-0.2, -0.15) is 0 Å². The van der Waals surface area contributed by atoms with Crippen LogP contribution in [0.25, 0.3) is 10.8 Å². The molecule has 0 bridgehead atoms. The smallest absolute Gasteiger partial charge is 0.256 e. The van der Waals surface area contributed by atoms with Crippen molar-refractivity contribution in [2.75, 3.05) is 7.11 Å². The van der Waals surface area contributed by atoms with E-state index in [0.717, 1.165) is 17.5 Å². The lowest BCUT2D eigenvalue weighted by molar-refractivity contribution is 0.415. The molecule has 1 aromatic heterocycles. The summed E-state index contributed by atoms with van der Waals surface area (Å²) >= 11 is 0. The van der Waals surface area contributed by atoms with Gasteiger partial charge in [0.15, 0.2) is 0 Å². The molecule has 0 unspecified atom stereocenters. The van der Waals surface area contributed by atoms with Crippen LogP contribution in [-0.4, -0.2) is 12.1 Å². The Morgan fingerprint density at radius 2 is 1.85 bits per heavy atom. The molecule has 20 heavy (non-hydrogen) atoms. The highest BCUT2D eigenvalue weighted by atomic mass is 16.5. The van der Waals surface area contributed by atoms with E-state index in [4.69, 9.17) is 4.74 Å². The van der Waals surface area contributed by atoms with Gasteiger partial charge < -0.3 is 9.72 Å². The van der Waals surface area contributed by atoms with Gasteiger partial charge in [0.25, 0.3) is 5.56 Å². The van der Waals surface area contributed by atoms with Crippen LogP contribution in [-0.2, 0) is 6.42 Å². The molecule has 1 heterocycles. The highest BCUT2D eigenvalue weighted by molar-refractivity contribution is 5.83. The summed E-state index contributed by atoms with van der Waals surface area (Å²) in [5, 5.41) is 1.58. The lowest BCUT2D eigenvalue weighted by Gasteiger charge is -2.06. The Kier molecular flexibility index (Phi) is 3.25. The van der Waals surface area contributed by atoms with Gasteiger partial charge in [-0.15, -0.1) is 0 Å². The maximum Gasteiger partial charge on any atom is 0.256 e. The first kappa shape index (κ1) is 12.5. The fourth-order valence-corrected chi connectivity index (χ4v) is 2.33.